The van der Waals surface area contributed by atoms with E-state index in [0.29, 0.717) is 6.54 Å². The third-order valence-corrected chi connectivity index (χ3v) is 4.46. The second-order valence-corrected chi connectivity index (χ2v) is 6.70. The number of fused-ring (bicyclic) bond motifs is 1. The van der Waals surface area contributed by atoms with Crippen molar-refractivity contribution in [2.45, 2.75) is 65.3 Å². The minimum absolute atomic E-state index is 0.0111. The van der Waals surface area contributed by atoms with Gasteiger partial charge in [0.05, 0.1) is 11.1 Å². The summed E-state index contributed by atoms with van der Waals surface area (Å²) < 4.78 is 1.82. The van der Waals surface area contributed by atoms with E-state index >= 15 is 0 Å². The highest BCUT2D eigenvalue weighted by atomic mass is 16.4. The molecule has 0 saturated carbocycles. The molecule has 0 atom stereocenters. The Morgan fingerprint density at radius 3 is 2.46 bits per heavy atom. The van der Waals surface area contributed by atoms with E-state index in [2.05, 4.69) is 6.92 Å². The molecule has 0 spiro atoms. The molecule has 1 N–H and O–H groups in total. The summed E-state index contributed by atoms with van der Waals surface area (Å²) in [4.78, 5) is 23.8. The second kappa shape index (κ2) is 8.13. The number of carbonyl (C=O) groups is 1. The number of pyridine rings is 1. The molecule has 0 aliphatic heterocycles. The van der Waals surface area contributed by atoms with E-state index in [9.17, 15) is 14.7 Å². The van der Waals surface area contributed by atoms with Crippen LogP contribution in [0.4, 0.5) is 0 Å². The van der Waals surface area contributed by atoms with Crippen LogP contribution in [-0.4, -0.2) is 15.6 Å². The summed E-state index contributed by atoms with van der Waals surface area (Å²) in [5.74, 6) is -0.781. The average molecular weight is 329 g/mol. The van der Waals surface area contributed by atoms with Gasteiger partial charge in [-0.25, -0.2) is 4.79 Å². The highest BCUT2D eigenvalue weighted by Crippen LogP contribution is 2.27. The molecule has 0 radical (unpaired) electrons. The summed E-state index contributed by atoms with van der Waals surface area (Å²) in [7, 11) is 0. The van der Waals surface area contributed by atoms with Crippen LogP contribution in [0.15, 0.2) is 29.1 Å². The number of unbranched alkanes of at least 4 members (excludes halogenated alkanes) is 4. The molecule has 4 nitrogen and oxygen atoms in total. The molecule has 0 bridgehead atoms. The average Bonchev–Trinajstić information content (AvgIpc) is 2.55. The third kappa shape index (κ3) is 4.05. The molecule has 1 heterocycles. The molecule has 1 aromatic heterocycles. The molecule has 0 aliphatic carbocycles. The van der Waals surface area contributed by atoms with Crippen LogP contribution in [0, 0.1) is 0 Å². The van der Waals surface area contributed by atoms with Crippen LogP contribution in [-0.2, 0) is 6.54 Å². The molecule has 1 aromatic carbocycles. The SMILES string of the molecule is CCCCCCCn1c(=O)ccc2cc(C(=O)O)cc(C(C)C)c21. The highest BCUT2D eigenvalue weighted by Gasteiger charge is 2.15. The first kappa shape index (κ1) is 18.2. The lowest BCUT2D eigenvalue weighted by atomic mass is 9.96. The Kier molecular flexibility index (Phi) is 6.18. The van der Waals surface area contributed by atoms with E-state index in [1.807, 2.05) is 18.4 Å². The van der Waals surface area contributed by atoms with Crippen molar-refractivity contribution in [1.82, 2.24) is 4.57 Å². The summed E-state index contributed by atoms with van der Waals surface area (Å²) in [6.07, 6.45) is 5.70. The van der Waals surface area contributed by atoms with Gasteiger partial charge in [-0.1, -0.05) is 46.5 Å². The fourth-order valence-electron chi connectivity index (χ4n) is 3.14. The fourth-order valence-corrected chi connectivity index (χ4v) is 3.14. The van der Waals surface area contributed by atoms with Crippen LogP contribution in [0.25, 0.3) is 10.9 Å². The van der Waals surface area contributed by atoms with Gasteiger partial charge in [0.15, 0.2) is 0 Å². The van der Waals surface area contributed by atoms with Crippen molar-refractivity contribution in [3.63, 3.8) is 0 Å². The molecule has 0 aliphatic rings. The third-order valence-electron chi connectivity index (χ3n) is 4.46. The number of aryl methyl sites for hydroxylation is 1. The molecule has 2 aromatic rings. The van der Waals surface area contributed by atoms with Gasteiger partial charge in [-0.3, -0.25) is 4.79 Å². The zero-order valence-corrected chi connectivity index (χ0v) is 14.8. The van der Waals surface area contributed by atoms with Crippen LogP contribution in [0.5, 0.6) is 0 Å². The number of benzene rings is 1. The highest BCUT2D eigenvalue weighted by molar-refractivity contribution is 5.95. The van der Waals surface area contributed by atoms with Gasteiger partial charge in [-0.05, 0) is 41.5 Å². The number of aromatic carboxylic acids is 1. The van der Waals surface area contributed by atoms with Crippen LogP contribution in [0.1, 0.15) is 74.7 Å². The lowest BCUT2D eigenvalue weighted by Crippen LogP contribution is -2.21. The van der Waals surface area contributed by atoms with Crippen LogP contribution < -0.4 is 5.56 Å². The van der Waals surface area contributed by atoms with Crippen molar-refractivity contribution in [1.29, 1.82) is 0 Å². The molecule has 4 heteroatoms. The topological polar surface area (TPSA) is 59.3 Å². The number of hydrogen-bond donors (Lipinski definition) is 1. The molecule has 2 rings (SSSR count). The number of hydrogen-bond acceptors (Lipinski definition) is 2. The minimum atomic E-state index is -0.934. The first-order chi connectivity index (χ1) is 11.5. The first-order valence-electron chi connectivity index (χ1n) is 8.86. The predicted octanol–water partition coefficient (Wildman–Crippen LogP) is 4.79. The number of aromatic nitrogens is 1. The largest absolute Gasteiger partial charge is 0.478 e. The van der Waals surface area contributed by atoms with Crippen LogP contribution in [0.3, 0.4) is 0 Å². The summed E-state index contributed by atoms with van der Waals surface area (Å²) in [6.45, 7) is 6.93. The van der Waals surface area contributed by atoms with E-state index in [1.54, 1.807) is 24.3 Å². The summed E-state index contributed by atoms with van der Waals surface area (Å²) in [6, 6.07) is 6.66. The number of carboxylic acid groups (broad SMARTS) is 1. The molecular formula is C20H27NO3. The number of nitrogens with zero attached hydrogens (tertiary/aromatic N) is 1. The summed E-state index contributed by atoms with van der Waals surface area (Å²) >= 11 is 0. The zero-order chi connectivity index (χ0) is 17.7. The molecule has 24 heavy (non-hydrogen) atoms. The van der Waals surface area contributed by atoms with Gasteiger partial charge < -0.3 is 9.67 Å². The predicted molar refractivity (Wildman–Crippen MR) is 98.0 cm³/mol. The van der Waals surface area contributed by atoms with Gasteiger partial charge in [0, 0.05) is 12.6 Å². The Bertz CT molecular complexity index is 774. The molecule has 0 fully saturated rings. The van der Waals surface area contributed by atoms with E-state index in [0.717, 1.165) is 29.3 Å². The normalized spacial score (nSPS) is 11.3. The first-order valence-corrected chi connectivity index (χ1v) is 8.86. The van der Waals surface area contributed by atoms with Gasteiger partial charge >= 0.3 is 5.97 Å². The molecule has 0 saturated heterocycles. The van der Waals surface area contributed by atoms with Gasteiger partial charge in [0.2, 0.25) is 0 Å². The van der Waals surface area contributed by atoms with E-state index in [1.165, 1.54) is 19.3 Å². The maximum absolute atomic E-state index is 12.4. The van der Waals surface area contributed by atoms with Crippen molar-refractivity contribution < 1.29 is 9.90 Å². The van der Waals surface area contributed by atoms with E-state index in [-0.39, 0.29) is 17.0 Å². The van der Waals surface area contributed by atoms with Crippen LogP contribution >= 0.6 is 0 Å². The summed E-state index contributed by atoms with van der Waals surface area (Å²) in [5.41, 5.74) is 2.08. The Hall–Kier alpha value is -2.10. The number of carboxylic acids is 1. The molecular weight excluding hydrogens is 302 g/mol. The van der Waals surface area contributed by atoms with E-state index in [4.69, 9.17) is 0 Å². The van der Waals surface area contributed by atoms with Crippen molar-refractivity contribution in [2.24, 2.45) is 0 Å². The second-order valence-electron chi connectivity index (χ2n) is 6.70. The monoisotopic (exact) mass is 329 g/mol. The van der Waals surface area contributed by atoms with Crippen molar-refractivity contribution in [3.05, 3.63) is 45.7 Å². The van der Waals surface area contributed by atoms with Crippen molar-refractivity contribution in [2.75, 3.05) is 0 Å². The smallest absolute Gasteiger partial charge is 0.335 e. The lowest BCUT2D eigenvalue weighted by molar-refractivity contribution is 0.0697. The van der Waals surface area contributed by atoms with Gasteiger partial charge in [0.1, 0.15) is 0 Å². The quantitative estimate of drug-likeness (QED) is 0.708. The lowest BCUT2D eigenvalue weighted by Gasteiger charge is -2.17. The van der Waals surface area contributed by atoms with Gasteiger partial charge in [0.25, 0.3) is 5.56 Å². The van der Waals surface area contributed by atoms with Crippen LogP contribution in [0.2, 0.25) is 0 Å². The maximum Gasteiger partial charge on any atom is 0.335 e. The number of rotatable bonds is 8. The van der Waals surface area contributed by atoms with E-state index < -0.39 is 5.97 Å². The summed E-state index contributed by atoms with van der Waals surface area (Å²) in [5, 5.41) is 10.2. The molecule has 0 amide bonds. The Labute approximate surface area is 143 Å². The fraction of sp³-hybridized carbons (Fsp3) is 0.500. The minimum Gasteiger partial charge on any atom is -0.478 e. The molecule has 130 valence electrons. The van der Waals surface area contributed by atoms with Gasteiger partial charge in [-0.2, -0.15) is 0 Å². The Morgan fingerprint density at radius 2 is 1.83 bits per heavy atom. The van der Waals surface area contributed by atoms with Crippen molar-refractivity contribution >= 4 is 16.9 Å². The Morgan fingerprint density at radius 1 is 1.12 bits per heavy atom. The standard InChI is InChI=1S/C20H27NO3/c1-4-5-6-7-8-11-21-18(22)10-9-15-12-16(20(23)24)13-17(14(2)3)19(15)21/h9-10,12-14H,4-8,11H2,1-3H3,(H,23,24). The maximum atomic E-state index is 12.4. The Balaban J connectivity index is 2.47. The van der Waals surface area contributed by atoms with Crippen molar-refractivity contribution in [3.8, 4) is 0 Å². The zero-order valence-electron chi connectivity index (χ0n) is 14.8. The molecule has 0 unspecified atom stereocenters. The van der Waals surface area contributed by atoms with Gasteiger partial charge in [-0.15, -0.1) is 0 Å².